The number of fused-ring (bicyclic) bond motifs is 1. The summed E-state index contributed by atoms with van der Waals surface area (Å²) >= 11 is 2.01. The normalized spacial score (nSPS) is 23.6. The minimum atomic E-state index is -5.73. The van der Waals surface area contributed by atoms with E-state index in [-0.39, 0.29) is 11.6 Å². The van der Waals surface area contributed by atoms with Gasteiger partial charge >= 0.3 is 23.5 Å². The molecule has 0 spiro atoms. The number of imidazole rings is 1. The maximum Gasteiger partial charge on any atom is 0.490 e. The number of aliphatic hydroxyl groups excluding tert-OH is 2. The number of rotatable bonds is 18. The van der Waals surface area contributed by atoms with Crippen molar-refractivity contribution >= 4 is 68.9 Å². The number of aliphatic hydroxyl groups is 2. The zero-order valence-electron chi connectivity index (χ0n) is 22.3. The van der Waals surface area contributed by atoms with Crippen LogP contribution in [0.1, 0.15) is 38.3 Å². The summed E-state index contributed by atoms with van der Waals surface area (Å²) in [7, 11) is -16.8. The maximum absolute atomic E-state index is 12.0. The molecule has 8 N–H and O–H groups in total. The number of ether oxygens (including phenoxy) is 1. The maximum atomic E-state index is 12.0. The molecule has 244 valence electrons. The van der Waals surface area contributed by atoms with Gasteiger partial charge in [-0.15, -0.1) is 0 Å². The predicted octanol–water partition coefficient (Wildman–Crippen LogP) is 0.702. The number of phosphoric ester groups is 1. The lowest BCUT2D eigenvalue weighted by Gasteiger charge is -2.19. The van der Waals surface area contributed by atoms with Crippen molar-refractivity contribution in [3.8, 4) is 0 Å². The number of halogens is 1. The molecule has 1 fully saturated rings. The van der Waals surface area contributed by atoms with E-state index in [0.29, 0.717) is 28.9 Å². The Hall–Kier alpha value is -1.16. The third-order valence-corrected chi connectivity index (χ3v) is 10.4. The SMILES string of the molecule is O=C(CI)NCCCCCCCNc1ncnc2c1ncn2[C@@H]1O[C@H](COP(=O)(O)OP(=O)(O)OP(=O)(O)O)[C@@H](O)[C@H]1O. The molecule has 2 aromatic heterocycles. The van der Waals surface area contributed by atoms with E-state index in [0.717, 1.165) is 32.1 Å². The van der Waals surface area contributed by atoms with E-state index in [1.807, 2.05) is 22.6 Å². The topological polar surface area (TPSA) is 294 Å². The molecule has 0 aromatic carbocycles. The summed E-state index contributed by atoms with van der Waals surface area (Å²) in [5.74, 6) is 0.446. The van der Waals surface area contributed by atoms with E-state index in [1.165, 1.54) is 17.2 Å². The molecule has 1 aliphatic rings. The van der Waals surface area contributed by atoms with Gasteiger partial charge in [0.1, 0.15) is 24.6 Å². The summed E-state index contributed by atoms with van der Waals surface area (Å²) in [5.41, 5.74) is 0.575. The lowest BCUT2D eigenvalue weighted by atomic mass is 10.1. The minimum absolute atomic E-state index is 0.0271. The Labute approximate surface area is 258 Å². The van der Waals surface area contributed by atoms with Gasteiger partial charge in [-0.25, -0.2) is 28.6 Å². The summed E-state index contributed by atoms with van der Waals surface area (Å²) in [4.78, 5) is 60.0. The quantitative estimate of drug-likeness (QED) is 0.0446. The average Bonchev–Trinajstić information content (AvgIpc) is 3.45. The molecule has 3 rings (SSSR count). The predicted molar refractivity (Wildman–Crippen MR) is 155 cm³/mol. The van der Waals surface area contributed by atoms with Gasteiger partial charge in [-0.3, -0.25) is 13.9 Å². The van der Waals surface area contributed by atoms with Crippen LogP contribution in [-0.2, 0) is 36.4 Å². The Balaban J connectivity index is 1.53. The second kappa shape index (κ2) is 15.9. The lowest BCUT2D eigenvalue weighted by molar-refractivity contribution is -0.118. The number of hydrogen-bond acceptors (Lipinski definition) is 14. The summed E-state index contributed by atoms with van der Waals surface area (Å²) in [6.45, 7) is 0.293. The van der Waals surface area contributed by atoms with E-state index in [9.17, 15) is 38.5 Å². The Morgan fingerprint density at radius 2 is 1.63 bits per heavy atom. The number of hydrogen-bond donors (Lipinski definition) is 8. The third-order valence-electron chi connectivity index (χ3n) is 5.88. The molecule has 24 heteroatoms. The van der Waals surface area contributed by atoms with Crippen LogP contribution in [-0.4, -0.2) is 97.6 Å². The Bertz CT molecular complexity index is 1380. The standard InChI is InChI=1S/C19H32IN6O14P3/c20-8-13(27)21-6-4-2-1-3-5-7-22-17-14-18(24-10-23-17)26(11-25-14)19-16(29)15(28)12(38-19)9-37-42(33,34)40-43(35,36)39-41(30,31)32/h10-12,15-16,19,28-29H,1-9H2,(H,21,27)(H,33,34)(H,35,36)(H,22,23,24)(H2,30,31,32)/t12-,15-,16-,19-/m1/s1. The van der Waals surface area contributed by atoms with Gasteiger partial charge in [-0.05, 0) is 12.8 Å². The average molecular weight is 788 g/mol. The third kappa shape index (κ3) is 11.3. The van der Waals surface area contributed by atoms with Crippen LogP contribution >= 0.6 is 46.1 Å². The van der Waals surface area contributed by atoms with Crippen LogP contribution in [0.15, 0.2) is 12.7 Å². The number of nitrogens with one attached hydrogen (secondary N) is 2. The number of phosphoric acid groups is 3. The van der Waals surface area contributed by atoms with Crippen LogP contribution in [0, 0.1) is 0 Å². The number of aromatic nitrogens is 4. The van der Waals surface area contributed by atoms with Gasteiger partial charge in [0.05, 0.1) is 17.4 Å². The number of carbonyl (C=O) groups is 1. The second-order valence-electron chi connectivity index (χ2n) is 9.16. The van der Waals surface area contributed by atoms with Crippen molar-refractivity contribution in [3.05, 3.63) is 12.7 Å². The largest absolute Gasteiger partial charge is 0.490 e. The molecule has 1 aliphatic heterocycles. The zero-order chi connectivity index (χ0) is 31.8. The first-order chi connectivity index (χ1) is 20.1. The molecule has 1 amide bonds. The Morgan fingerprint density at radius 1 is 0.953 bits per heavy atom. The van der Waals surface area contributed by atoms with Crippen LogP contribution in [0.5, 0.6) is 0 Å². The molecule has 0 saturated carbocycles. The highest BCUT2D eigenvalue weighted by Gasteiger charge is 2.47. The van der Waals surface area contributed by atoms with Crippen LogP contribution in [0.2, 0.25) is 0 Å². The molecular weight excluding hydrogens is 756 g/mol. The van der Waals surface area contributed by atoms with Crippen molar-refractivity contribution in [2.75, 3.05) is 29.4 Å². The van der Waals surface area contributed by atoms with Gasteiger partial charge in [0.2, 0.25) is 5.91 Å². The molecule has 6 atom stereocenters. The fourth-order valence-electron chi connectivity index (χ4n) is 4.00. The first-order valence-electron chi connectivity index (χ1n) is 12.7. The first kappa shape index (κ1) is 36.3. The van der Waals surface area contributed by atoms with Crippen molar-refractivity contribution < 1.29 is 66.2 Å². The van der Waals surface area contributed by atoms with E-state index >= 15 is 0 Å². The minimum Gasteiger partial charge on any atom is -0.387 e. The molecule has 43 heavy (non-hydrogen) atoms. The van der Waals surface area contributed by atoms with Crippen molar-refractivity contribution in [1.29, 1.82) is 0 Å². The zero-order valence-corrected chi connectivity index (χ0v) is 27.1. The smallest absolute Gasteiger partial charge is 0.387 e. The van der Waals surface area contributed by atoms with Crippen molar-refractivity contribution in [3.63, 3.8) is 0 Å². The first-order valence-corrected chi connectivity index (χ1v) is 18.7. The number of amides is 1. The van der Waals surface area contributed by atoms with E-state index in [1.54, 1.807) is 0 Å². The van der Waals surface area contributed by atoms with Gasteiger partial charge in [0.25, 0.3) is 0 Å². The molecule has 0 bridgehead atoms. The molecule has 2 aromatic rings. The van der Waals surface area contributed by atoms with Gasteiger partial charge in [0, 0.05) is 13.1 Å². The van der Waals surface area contributed by atoms with Crippen LogP contribution < -0.4 is 10.6 Å². The van der Waals surface area contributed by atoms with Gasteiger partial charge in [-0.2, -0.15) is 8.62 Å². The summed E-state index contributed by atoms with van der Waals surface area (Å²) in [5, 5.41) is 27.0. The highest BCUT2D eigenvalue weighted by molar-refractivity contribution is 14.1. The van der Waals surface area contributed by atoms with Gasteiger partial charge in [0.15, 0.2) is 23.2 Å². The molecule has 1 saturated heterocycles. The molecular formula is C19H32IN6O14P3. The fraction of sp³-hybridized carbons (Fsp3) is 0.684. The highest BCUT2D eigenvalue weighted by atomic mass is 127. The van der Waals surface area contributed by atoms with E-state index in [2.05, 4.69) is 38.7 Å². The lowest BCUT2D eigenvalue weighted by Crippen LogP contribution is -2.33. The van der Waals surface area contributed by atoms with Crippen molar-refractivity contribution in [1.82, 2.24) is 24.8 Å². The number of unbranched alkanes of at least 4 members (excludes halogenated alkanes) is 4. The summed E-state index contributed by atoms with van der Waals surface area (Å²) in [6, 6.07) is 0. The Morgan fingerprint density at radius 3 is 2.30 bits per heavy atom. The molecule has 2 unspecified atom stereocenters. The summed E-state index contributed by atoms with van der Waals surface area (Å²) in [6.07, 6.45) is 1.19. The molecule has 0 radical (unpaired) electrons. The Kier molecular flexibility index (Phi) is 13.4. The number of anilines is 1. The van der Waals surface area contributed by atoms with Crippen LogP contribution in [0.4, 0.5) is 5.82 Å². The van der Waals surface area contributed by atoms with E-state index in [4.69, 9.17) is 14.5 Å². The fourth-order valence-corrected chi connectivity index (χ4v) is 7.30. The second-order valence-corrected chi connectivity index (χ2v) is 14.3. The van der Waals surface area contributed by atoms with Crippen LogP contribution in [0.25, 0.3) is 11.2 Å². The molecule has 0 aliphatic carbocycles. The molecule has 3 heterocycles. The number of nitrogens with zero attached hydrogens (tertiary/aromatic N) is 4. The number of alkyl halides is 1. The monoisotopic (exact) mass is 788 g/mol. The van der Waals surface area contributed by atoms with Gasteiger partial charge < -0.3 is 45.2 Å². The summed E-state index contributed by atoms with van der Waals surface area (Å²) < 4.78 is 53.3. The van der Waals surface area contributed by atoms with E-state index < -0.39 is 54.6 Å². The number of carbonyl (C=O) groups excluding carboxylic acids is 1. The highest BCUT2D eigenvalue weighted by Crippen LogP contribution is 2.66. The van der Waals surface area contributed by atoms with Crippen LogP contribution in [0.3, 0.4) is 0 Å². The van der Waals surface area contributed by atoms with Crippen molar-refractivity contribution in [2.45, 2.75) is 56.6 Å². The van der Waals surface area contributed by atoms with Gasteiger partial charge in [-0.1, -0.05) is 41.9 Å². The van der Waals surface area contributed by atoms with Crippen molar-refractivity contribution in [2.24, 2.45) is 0 Å². The molecule has 20 nitrogen and oxygen atoms in total.